The lowest BCUT2D eigenvalue weighted by Gasteiger charge is -2.35. The Labute approximate surface area is 254 Å². The van der Waals surface area contributed by atoms with Crippen LogP contribution in [-0.4, -0.2) is 49.5 Å². The maximum atomic E-state index is 14.1. The predicted molar refractivity (Wildman–Crippen MR) is 165 cm³/mol. The number of halogens is 3. The molecule has 11 heteroatoms. The number of anilines is 1. The van der Waals surface area contributed by atoms with E-state index in [9.17, 15) is 18.0 Å². The van der Waals surface area contributed by atoms with E-state index in [1.54, 1.807) is 42.5 Å². The molecule has 214 valence electrons. The molecule has 3 aromatic rings. The minimum atomic E-state index is -3.85. The van der Waals surface area contributed by atoms with Crippen molar-refractivity contribution in [1.29, 1.82) is 0 Å². The molecule has 0 heterocycles. The van der Waals surface area contributed by atoms with Gasteiger partial charge in [0.05, 0.1) is 22.0 Å². The van der Waals surface area contributed by atoms with Crippen LogP contribution in [0.1, 0.15) is 31.9 Å². The van der Waals surface area contributed by atoms with Crippen LogP contribution in [0, 0.1) is 0 Å². The van der Waals surface area contributed by atoms with Gasteiger partial charge in [-0.1, -0.05) is 75.5 Å². The van der Waals surface area contributed by atoms with Crippen molar-refractivity contribution < 1.29 is 18.0 Å². The standard InChI is InChI=1S/C29H32BrCl2N3O4S/c1-29(2,3)33-28(37)26(17-20-8-6-5-7-9-20)34(18-21-10-15-24(31)25(32)16-21)27(36)19-35(40(4,38)39)23-13-11-22(30)12-14-23/h5-16,26H,17-19H2,1-4H3,(H,33,37)/t26-/m1/s1. The van der Waals surface area contributed by atoms with Crippen molar-refractivity contribution in [3.05, 3.63) is 98.4 Å². The molecule has 0 aliphatic heterocycles. The van der Waals surface area contributed by atoms with E-state index in [0.29, 0.717) is 21.3 Å². The van der Waals surface area contributed by atoms with Crippen molar-refractivity contribution >= 4 is 66.7 Å². The van der Waals surface area contributed by atoms with Crippen LogP contribution in [0.2, 0.25) is 10.0 Å². The normalized spacial score (nSPS) is 12.5. The molecule has 0 fully saturated rings. The summed E-state index contributed by atoms with van der Waals surface area (Å²) >= 11 is 15.7. The Hall–Kier alpha value is -2.59. The summed E-state index contributed by atoms with van der Waals surface area (Å²) in [6, 6.07) is 20.0. The molecule has 3 aromatic carbocycles. The van der Waals surface area contributed by atoms with Crippen LogP contribution in [0.5, 0.6) is 0 Å². The summed E-state index contributed by atoms with van der Waals surface area (Å²) in [5.41, 5.74) is 1.24. The molecule has 0 saturated carbocycles. The number of benzene rings is 3. The Morgan fingerprint density at radius 2 is 1.55 bits per heavy atom. The molecule has 0 radical (unpaired) electrons. The monoisotopic (exact) mass is 667 g/mol. The van der Waals surface area contributed by atoms with Gasteiger partial charge in [0, 0.05) is 23.0 Å². The first-order valence-corrected chi connectivity index (χ1v) is 15.9. The highest BCUT2D eigenvalue weighted by Crippen LogP contribution is 2.26. The highest BCUT2D eigenvalue weighted by molar-refractivity contribution is 9.10. The first kappa shape index (κ1) is 31.9. The molecule has 3 rings (SSSR count). The molecule has 0 aliphatic rings. The van der Waals surface area contributed by atoms with Crippen molar-refractivity contribution in [2.45, 2.75) is 45.3 Å². The number of sulfonamides is 1. The molecule has 0 aromatic heterocycles. The summed E-state index contributed by atoms with van der Waals surface area (Å²) in [6.07, 6.45) is 1.26. The first-order valence-electron chi connectivity index (χ1n) is 12.5. The van der Waals surface area contributed by atoms with E-state index in [2.05, 4.69) is 21.2 Å². The predicted octanol–water partition coefficient (Wildman–Crippen LogP) is 6.08. The van der Waals surface area contributed by atoms with Gasteiger partial charge in [-0.15, -0.1) is 0 Å². The van der Waals surface area contributed by atoms with E-state index in [4.69, 9.17) is 23.2 Å². The van der Waals surface area contributed by atoms with Crippen LogP contribution in [0.3, 0.4) is 0 Å². The largest absolute Gasteiger partial charge is 0.350 e. The Kier molecular flexibility index (Phi) is 10.7. The Bertz CT molecular complexity index is 1450. The van der Waals surface area contributed by atoms with Crippen molar-refractivity contribution in [2.75, 3.05) is 17.1 Å². The molecule has 0 bridgehead atoms. The third-order valence-corrected chi connectivity index (χ3v) is 8.31. The van der Waals surface area contributed by atoms with Gasteiger partial charge in [-0.05, 0) is 68.3 Å². The van der Waals surface area contributed by atoms with E-state index in [1.165, 1.54) is 4.90 Å². The number of hydrogen-bond donors (Lipinski definition) is 1. The molecule has 0 saturated heterocycles. The maximum Gasteiger partial charge on any atom is 0.244 e. The molecule has 1 N–H and O–H groups in total. The fourth-order valence-electron chi connectivity index (χ4n) is 4.06. The summed E-state index contributed by atoms with van der Waals surface area (Å²) in [5.74, 6) is -0.913. The van der Waals surface area contributed by atoms with Gasteiger partial charge in [0.1, 0.15) is 12.6 Å². The van der Waals surface area contributed by atoms with Gasteiger partial charge in [0.15, 0.2) is 0 Å². The molecule has 0 aliphatic carbocycles. The summed E-state index contributed by atoms with van der Waals surface area (Å²) in [7, 11) is -3.85. The molecule has 7 nitrogen and oxygen atoms in total. The number of amides is 2. The van der Waals surface area contributed by atoms with Crippen LogP contribution in [0.25, 0.3) is 0 Å². The van der Waals surface area contributed by atoms with Crippen molar-refractivity contribution in [1.82, 2.24) is 10.2 Å². The Morgan fingerprint density at radius 1 is 0.925 bits per heavy atom. The van der Waals surface area contributed by atoms with Gasteiger partial charge in [0.25, 0.3) is 0 Å². The van der Waals surface area contributed by atoms with Gasteiger partial charge in [0.2, 0.25) is 21.8 Å². The van der Waals surface area contributed by atoms with E-state index in [0.717, 1.165) is 20.6 Å². The fraction of sp³-hybridized carbons (Fsp3) is 0.310. The van der Waals surface area contributed by atoms with Crippen LogP contribution in [0.4, 0.5) is 5.69 Å². The van der Waals surface area contributed by atoms with Crippen molar-refractivity contribution in [2.24, 2.45) is 0 Å². The van der Waals surface area contributed by atoms with E-state index in [-0.39, 0.29) is 18.9 Å². The smallest absolute Gasteiger partial charge is 0.244 e. The van der Waals surface area contributed by atoms with E-state index < -0.39 is 34.1 Å². The van der Waals surface area contributed by atoms with Gasteiger partial charge in [-0.2, -0.15) is 0 Å². The average Bonchev–Trinajstić information content (AvgIpc) is 2.86. The quantitative estimate of drug-likeness (QED) is 0.284. The summed E-state index contributed by atoms with van der Waals surface area (Å²) < 4.78 is 27.5. The Morgan fingerprint density at radius 3 is 2.10 bits per heavy atom. The number of nitrogens with one attached hydrogen (secondary N) is 1. The second-order valence-corrected chi connectivity index (χ2v) is 14.1. The van der Waals surface area contributed by atoms with Gasteiger partial charge < -0.3 is 10.2 Å². The average molecular weight is 669 g/mol. The highest BCUT2D eigenvalue weighted by atomic mass is 79.9. The SMILES string of the molecule is CC(C)(C)NC(=O)[C@@H](Cc1ccccc1)N(Cc1ccc(Cl)c(Cl)c1)C(=O)CN(c1ccc(Br)cc1)S(C)(=O)=O. The zero-order valence-electron chi connectivity index (χ0n) is 22.7. The number of carbonyl (C=O) groups excluding carboxylic acids is 2. The third kappa shape index (κ3) is 9.23. The number of carbonyl (C=O) groups is 2. The zero-order valence-corrected chi connectivity index (χ0v) is 26.6. The van der Waals surface area contributed by atoms with E-state index in [1.807, 2.05) is 51.1 Å². The number of rotatable bonds is 10. The minimum Gasteiger partial charge on any atom is -0.350 e. The Balaban J connectivity index is 2.08. The van der Waals surface area contributed by atoms with E-state index >= 15 is 0 Å². The fourth-order valence-corrected chi connectivity index (χ4v) is 5.50. The summed E-state index contributed by atoms with van der Waals surface area (Å²) in [6.45, 7) is 5.07. The number of hydrogen-bond acceptors (Lipinski definition) is 4. The van der Waals surface area contributed by atoms with Gasteiger partial charge in [-0.25, -0.2) is 8.42 Å². The summed E-state index contributed by atoms with van der Waals surface area (Å²) in [5, 5.41) is 3.64. The lowest BCUT2D eigenvalue weighted by molar-refractivity contribution is -0.140. The first-order chi connectivity index (χ1) is 18.6. The van der Waals surface area contributed by atoms with Gasteiger partial charge >= 0.3 is 0 Å². The topological polar surface area (TPSA) is 86.8 Å². The van der Waals surface area contributed by atoms with Crippen LogP contribution in [0.15, 0.2) is 77.3 Å². The van der Waals surface area contributed by atoms with Crippen molar-refractivity contribution in [3.8, 4) is 0 Å². The maximum absolute atomic E-state index is 14.1. The lowest BCUT2D eigenvalue weighted by atomic mass is 10.0. The molecule has 1 atom stereocenters. The molecular formula is C29H32BrCl2N3O4S. The third-order valence-electron chi connectivity index (χ3n) is 5.90. The van der Waals surface area contributed by atoms with Crippen LogP contribution >= 0.6 is 39.1 Å². The van der Waals surface area contributed by atoms with Crippen LogP contribution < -0.4 is 9.62 Å². The second kappa shape index (κ2) is 13.4. The highest BCUT2D eigenvalue weighted by Gasteiger charge is 2.34. The minimum absolute atomic E-state index is 0.00270. The second-order valence-electron chi connectivity index (χ2n) is 10.5. The van der Waals surface area contributed by atoms with Crippen molar-refractivity contribution in [3.63, 3.8) is 0 Å². The van der Waals surface area contributed by atoms with Gasteiger partial charge in [-0.3, -0.25) is 13.9 Å². The molecule has 0 unspecified atom stereocenters. The molecule has 2 amide bonds. The van der Waals surface area contributed by atoms with Crippen LogP contribution in [-0.2, 0) is 32.6 Å². The molecule has 40 heavy (non-hydrogen) atoms. The zero-order chi connectivity index (χ0) is 29.7. The molecule has 0 spiro atoms. The number of nitrogens with zero attached hydrogens (tertiary/aromatic N) is 2. The lowest BCUT2D eigenvalue weighted by Crippen LogP contribution is -2.56. The molecular weight excluding hydrogens is 637 g/mol. The summed E-state index contributed by atoms with van der Waals surface area (Å²) in [4.78, 5) is 29.2.